The van der Waals surface area contributed by atoms with Crippen molar-refractivity contribution in [3.8, 4) is 11.5 Å². The van der Waals surface area contributed by atoms with E-state index in [1.54, 1.807) is 21.3 Å². The third kappa shape index (κ3) is 9.44. The Morgan fingerprint density at radius 3 is 2.50 bits per heavy atom. The highest BCUT2D eigenvalue weighted by molar-refractivity contribution is 14.0. The molecule has 0 radical (unpaired) electrons. The Morgan fingerprint density at radius 1 is 1.12 bits per heavy atom. The van der Waals surface area contributed by atoms with Gasteiger partial charge in [-0.05, 0) is 26.1 Å². The van der Waals surface area contributed by atoms with Crippen LogP contribution in [-0.2, 0) is 11.3 Å². The second-order valence-corrected chi connectivity index (χ2v) is 5.60. The number of halogens is 1. The topological polar surface area (TPSA) is 67.4 Å². The lowest BCUT2D eigenvalue weighted by molar-refractivity contribution is 0.162. The number of rotatable bonds is 11. The van der Waals surface area contributed by atoms with E-state index in [2.05, 4.69) is 34.5 Å². The fourth-order valence-corrected chi connectivity index (χ4v) is 2.21. The lowest BCUT2D eigenvalue weighted by atomic mass is 10.2. The Kier molecular flexibility index (Phi) is 14.1. The maximum absolute atomic E-state index is 5.42. The molecule has 0 aliphatic rings. The van der Waals surface area contributed by atoms with Gasteiger partial charge in [-0.1, -0.05) is 0 Å². The molecule has 0 saturated heterocycles. The second kappa shape index (κ2) is 14.9. The molecule has 0 bridgehead atoms. The van der Waals surface area contributed by atoms with Crippen molar-refractivity contribution in [2.75, 3.05) is 61.2 Å². The summed E-state index contributed by atoms with van der Waals surface area (Å²) in [5, 5.41) is 6.61. The molecule has 150 valence electrons. The Balaban J connectivity index is 0.00000625. The number of methoxy groups -OCH3 is 3. The SMILES string of the molecule is CCNC(=NCc1ccc(OC)cc1OC)NCCN(C)CCOC.I. The minimum absolute atomic E-state index is 0. The van der Waals surface area contributed by atoms with Crippen LogP contribution in [0.15, 0.2) is 23.2 Å². The predicted molar refractivity (Wildman–Crippen MR) is 117 cm³/mol. The zero-order chi connectivity index (χ0) is 18.5. The Morgan fingerprint density at radius 2 is 1.88 bits per heavy atom. The van der Waals surface area contributed by atoms with Crippen LogP contribution >= 0.6 is 24.0 Å². The standard InChI is InChI=1S/C18H32N4O3.HI/c1-6-19-18(20-9-10-22(2)11-12-23-3)21-14-15-7-8-16(24-4)13-17(15)25-5;/h7-8,13H,6,9-12,14H2,1-5H3,(H2,19,20,21);1H. The van der Waals surface area contributed by atoms with Gasteiger partial charge in [-0.15, -0.1) is 24.0 Å². The molecule has 1 rings (SSSR count). The van der Waals surface area contributed by atoms with Crippen molar-refractivity contribution in [1.82, 2.24) is 15.5 Å². The molecule has 0 aliphatic heterocycles. The first-order chi connectivity index (χ1) is 12.1. The molecule has 0 aromatic heterocycles. The first-order valence-corrected chi connectivity index (χ1v) is 8.55. The molecule has 0 amide bonds. The van der Waals surface area contributed by atoms with Crippen LogP contribution in [0.1, 0.15) is 12.5 Å². The Bertz CT molecular complexity index is 529. The number of likely N-dealkylation sites (N-methyl/N-ethyl adjacent to an activating group) is 1. The van der Waals surface area contributed by atoms with Gasteiger partial charge < -0.3 is 29.7 Å². The molecule has 1 aromatic rings. The van der Waals surface area contributed by atoms with Crippen LogP contribution in [0.5, 0.6) is 11.5 Å². The third-order valence-electron chi connectivity index (χ3n) is 3.71. The molecule has 8 heteroatoms. The van der Waals surface area contributed by atoms with E-state index in [9.17, 15) is 0 Å². The van der Waals surface area contributed by atoms with Crippen LogP contribution in [-0.4, -0.2) is 72.0 Å². The molecule has 0 heterocycles. The zero-order valence-corrected chi connectivity index (χ0v) is 18.8. The fourth-order valence-electron chi connectivity index (χ4n) is 2.21. The zero-order valence-electron chi connectivity index (χ0n) is 16.5. The van der Waals surface area contributed by atoms with Crippen molar-refractivity contribution < 1.29 is 14.2 Å². The Hall–Kier alpha value is -1.26. The molecule has 0 fully saturated rings. The smallest absolute Gasteiger partial charge is 0.191 e. The average Bonchev–Trinajstić information content (AvgIpc) is 2.64. The van der Waals surface area contributed by atoms with E-state index in [-0.39, 0.29) is 24.0 Å². The van der Waals surface area contributed by atoms with Crippen molar-refractivity contribution in [3.63, 3.8) is 0 Å². The normalized spacial score (nSPS) is 11.1. The minimum atomic E-state index is 0. The van der Waals surface area contributed by atoms with Crippen LogP contribution in [0.2, 0.25) is 0 Å². The predicted octanol–water partition coefficient (Wildman–Crippen LogP) is 1.96. The second-order valence-electron chi connectivity index (χ2n) is 5.60. The summed E-state index contributed by atoms with van der Waals surface area (Å²) >= 11 is 0. The number of benzene rings is 1. The molecule has 0 spiro atoms. The fraction of sp³-hybridized carbons (Fsp3) is 0.611. The van der Waals surface area contributed by atoms with Gasteiger partial charge in [0.1, 0.15) is 11.5 Å². The third-order valence-corrected chi connectivity index (χ3v) is 3.71. The molecule has 0 aliphatic carbocycles. The van der Waals surface area contributed by atoms with E-state index in [1.807, 2.05) is 18.2 Å². The maximum atomic E-state index is 5.42. The number of nitrogens with one attached hydrogen (secondary N) is 2. The lowest BCUT2D eigenvalue weighted by Crippen LogP contribution is -2.41. The molecule has 2 N–H and O–H groups in total. The van der Waals surface area contributed by atoms with Crippen molar-refractivity contribution in [2.24, 2.45) is 4.99 Å². The first kappa shape index (κ1) is 24.7. The van der Waals surface area contributed by atoms with Crippen molar-refractivity contribution in [3.05, 3.63) is 23.8 Å². The number of ether oxygens (including phenoxy) is 3. The van der Waals surface area contributed by atoms with E-state index in [0.29, 0.717) is 6.54 Å². The summed E-state index contributed by atoms with van der Waals surface area (Å²) in [5.74, 6) is 2.34. The van der Waals surface area contributed by atoms with Gasteiger partial charge in [-0.2, -0.15) is 0 Å². The van der Waals surface area contributed by atoms with E-state index in [0.717, 1.165) is 55.8 Å². The monoisotopic (exact) mass is 480 g/mol. The van der Waals surface area contributed by atoms with Gasteiger partial charge in [-0.25, -0.2) is 4.99 Å². The van der Waals surface area contributed by atoms with Crippen LogP contribution in [0.3, 0.4) is 0 Å². The summed E-state index contributed by atoms with van der Waals surface area (Å²) in [5.41, 5.74) is 1.01. The van der Waals surface area contributed by atoms with Crippen LogP contribution in [0, 0.1) is 0 Å². The number of hydrogen-bond donors (Lipinski definition) is 2. The van der Waals surface area contributed by atoms with Crippen molar-refractivity contribution >= 4 is 29.9 Å². The molecule has 26 heavy (non-hydrogen) atoms. The largest absolute Gasteiger partial charge is 0.497 e. The molecular weight excluding hydrogens is 447 g/mol. The summed E-state index contributed by atoms with van der Waals surface area (Å²) < 4.78 is 15.7. The maximum Gasteiger partial charge on any atom is 0.191 e. The quantitative estimate of drug-likeness (QED) is 0.287. The van der Waals surface area contributed by atoms with Gasteiger partial charge in [0.15, 0.2) is 5.96 Å². The number of guanidine groups is 1. The number of aliphatic imine (C=N–C) groups is 1. The van der Waals surface area contributed by atoms with Crippen LogP contribution < -0.4 is 20.1 Å². The van der Waals surface area contributed by atoms with Crippen molar-refractivity contribution in [2.45, 2.75) is 13.5 Å². The van der Waals surface area contributed by atoms with Gasteiger partial charge in [0, 0.05) is 44.9 Å². The molecule has 7 nitrogen and oxygen atoms in total. The summed E-state index contributed by atoms with van der Waals surface area (Å²) in [6, 6.07) is 5.76. The average molecular weight is 480 g/mol. The molecule has 0 atom stereocenters. The van der Waals surface area contributed by atoms with Gasteiger partial charge in [0.2, 0.25) is 0 Å². The van der Waals surface area contributed by atoms with Crippen LogP contribution in [0.4, 0.5) is 0 Å². The summed E-state index contributed by atoms with van der Waals surface area (Å²) in [6.45, 7) is 6.77. The van der Waals surface area contributed by atoms with Crippen molar-refractivity contribution in [1.29, 1.82) is 0 Å². The highest BCUT2D eigenvalue weighted by Gasteiger charge is 2.06. The summed E-state index contributed by atoms with van der Waals surface area (Å²) in [7, 11) is 7.09. The lowest BCUT2D eigenvalue weighted by Gasteiger charge is -2.18. The summed E-state index contributed by atoms with van der Waals surface area (Å²) in [6.07, 6.45) is 0. The van der Waals surface area contributed by atoms with E-state index in [1.165, 1.54) is 0 Å². The molecule has 0 saturated carbocycles. The first-order valence-electron chi connectivity index (χ1n) is 8.55. The Labute approximate surface area is 174 Å². The van der Waals surface area contributed by atoms with Gasteiger partial charge in [-0.3, -0.25) is 0 Å². The highest BCUT2D eigenvalue weighted by atomic mass is 127. The van der Waals surface area contributed by atoms with Gasteiger partial charge >= 0.3 is 0 Å². The molecule has 1 aromatic carbocycles. The highest BCUT2D eigenvalue weighted by Crippen LogP contribution is 2.25. The number of nitrogens with zero attached hydrogens (tertiary/aromatic N) is 2. The van der Waals surface area contributed by atoms with Gasteiger partial charge in [0.05, 0.1) is 27.4 Å². The van der Waals surface area contributed by atoms with E-state index in [4.69, 9.17) is 14.2 Å². The molecular formula is C18H33IN4O3. The number of hydrogen-bond acceptors (Lipinski definition) is 5. The van der Waals surface area contributed by atoms with Crippen LogP contribution in [0.25, 0.3) is 0 Å². The van der Waals surface area contributed by atoms with E-state index >= 15 is 0 Å². The minimum Gasteiger partial charge on any atom is -0.497 e. The van der Waals surface area contributed by atoms with Gasteiger partial charge in [0.25, 0.3) is 0 Å². The molecule has 0 unspecified atom stereocenters. The van der Waals surface area contributed by atoms with E-state index < -0.39 is 0 Å². The summed E-state index contributed by atoms with van der Waals surface area (Å²) in [4.78, 5) is 6.85.